The predicted octanol–water partition coefficient (Wildman–Crippen LogP) is 15.6. The molecule has 0 bridgehead atoms. The smallest absolute Gasteiger partial charge is 0.0482 e. The van der Waals surface area contributed by atoms with E-state index in [1.54, 1.807) is 0 Å². The van der Waals surface area contributed by atoms with Crippen molar-refractivity contribution in [2.75, 3.05) is 14.7 Å². The van der Waals surface area contributed by atoms with E-state index in [1.807, 2.05) is 0 Å². The van der Waals surface area contributed by atoms with Crippen molar-refractivity contribution in [2.24, 2.45) is 0 Å². The number of hydrogen-bond acceptors (Lipinski definition) is 3. The summed E-state index contributed by atoms with van der Waals surface area (Å²) < 4.78 is 0. The van der Waals surface area contributed by atoms with Crippen LogP contribution in [0.1, 0.15) is 0 Å². The second kappa shape index (κ2) is 14.9. The Hall–Kier alpha value is -7.62. The molecule has 0 heterocycles. The van der Waals surface area contributed by atoms with E-state index < -0.39 is 0 Å². The fourth-order valence-electron chi connectivity index (χ4n) is 8.13. The quantitative estimate of drug-likeness (QED) is 0.137. The van der Waals surface area contributed by atoms with Gasteiger partial charge in [0.2, 0.25) is 0 Å². The Morgan fingerprint density at radius 3 is 0.965 bits per heavy atom. The SMILES string of the molecule is c1ccc(N(c2ccccc2)c2cccc(N(c3ccccc3)c3ccc(N(c4ccccc4)c4ccc5c(ccc6c7ccccc7ccc56)c4)cc3)c2)cc1. The molecule has 0 amide bonds. The average molecular weight is 730 g/mol. The zero-order valence-electron chi connectivity index (χ0n) is 31.4. The second-order valence-electron chi connectivity index (χ2n) is 14.2. The molecule has 0 radical (unpaired) electrons. The van der Waals surface area contributed by atoms with Crippen LogP contribution in [0.15, 0.2) is 237 Å². The van der Waals surface area contributed by atoms with Crippen LogP contribution in [-0.2, 0) is 0 Å². The predicted molar refractivity (Wildman–Crippen MR) is 243 cm³/mol. The van der Waals surface area contributed by atoms with E-state index in [4.69, 9.17) is 0 Å². The first-order valence-corrected chi connectivity index (χ1v) is 19.4. The van der Waals surface area contributed by atoms with Crippen LogP contribution in [0.2, 0.25) is 0 Å². The number of hydrogen-bond donors (Lipinski definition) is 0. The van der Waals surface area contributed by atoms with Gasteiger partial charge in [0.25, 0.3) is 0 Å². The van der Waals surface area contributed by atoms with E-state index in [2.05, 4.69) is 251 Å². The summed E-state index contributed by atoms with van der Waals surface area (Å²) in [4.78, 5) is 6.99. The van der Waals surface area contributed by atoms with E-state index in [0.29, 0.717) is 0 Å². The van der Waals surface area contributed by atoms with Crippen LogP contribution in [0.4, 0.5) is 51.2 Å². The Morgan fingerprint density at radius 1 is 0.175 bits per heavy atom. The largest absolute Gasteiger partial charge is 0.310 e. The van der Waals surface area contributed by atoms with Gasteiger partial charge in [0.15, 0.2) is 0 Å². The molecule has 0 aliphatic heterocycles. The molecule has 0 fully saturated rings. The minimum atomic E-state index is 1.07. The molecule has 0 aliphatic rings. The Labute approximate surface area is 333 Å². The first kappa shape index (κ1) is 33.9. The highest BCUT2D eigenvalue weighted by atomic mass is 15.2. The van der Waals surface area contributed by atoms with Crippen molar-refractivity contribution in [3.05, 3.63) is 237 Å². The molecule has 270 valence electrons. The van der Waals surface area contributed by atoms with Crippen molar-refractivity contribution in [1.29, 1.82) is 0 Å². The molecule has 0 saturated carbocycles. The third-order valence-electron chi connectivity index (χ3n) is 10.8. The molecule has 10 rings (SSSR count). The molecular formula is C54H39N3. The lowest BCUT2D eigenvalue weighted by atomic mass is 9.96. The topological polar surface area (TPSA) is 9.72 Å². The fourth-order valence-corrected chi connectivity index (χ4v) is 8.13. The maximum absolute atomic E-state index is 2.35. The Morgan fingerprint density at radius 2 is 0.491 bits per heavy atom. The van der Waals surface area contributed by atoms with Crippen molar-refractivity contribution in [1.82, 2.24) is 0 Å². The van der Waals surface area contributed by atoms with E-state index in [0.717, 1.165) is 51.2 Å². The summed E-state index contributed by atoms with van der Waals surface area (Å²) in [6, 6.07) is 84.6. The van der Waals surface area contributed by atoms with Crippen LogP contribution in [0.5, 0.6) is 0 Å². The highest BCUT2D eigenvalue weighted by Gasteiger charge is 2.19. The molecule has 0 unspecified atom stereocenters. The van der Waals surface area contributed by atoms with Gasteiger partial charge in [0.1, 0.15) is 0 Å². The molecule has 0 spiro atoms. The van der Waals surface area contributed by atoms with Gasteiger partial charge in [-0.15, -0.1) is 0 Å². The summed E-state index contributed by atoms with van der Waals surface area (Å²) in [6.45, 7) is 0. The van der Waals surface area contributed by atoms with Crippen LogP contribution in [0.25, 0.3) is 32.3 Å². The van der Waals surface area contributed by atoms with Gasteiger partial charge in [-0.2, -0.15) is 0 Å². The lowest BCUT2D eigenvalue weighted by molar-refractivity contribution is 1.24. The van der Waals surface area contributed by atoms with E-state index in [-0.39, 0.29) is 0 Å². The second-order valence-corrected chi connectivity index (χ2v) is 14.2. The monoisotopic (exact) mass is 729 g/mol. The Kier molecular flexibility index (Phi) is 8.86. The lowest BCUT2D eigenvalue weighted by Gasteiger charge is -2.30. The zero-order valence-corrected chi connectivity index (χ0v) is 31.4. The number of nitrogens with zero attached hydrogens (tertiary/aromatic N) is 3. The van der Waals surface area contributed by atoms with Crippen molar-refractivity contribution < 1.29 is 0 Å². The summed E-state index contributed by atoms with van der Waals surface area (Å²) in [5.41, 5.74) is 9.80. The van der Waals surface area contributed by atoms with Crippen molar-refractivity contribution >= 4 is 83.5 Å². The maximum Gasteiger partial charge on any atom is 0.0482 e. The van der Waals surface area contributed by atoms with Gasteiger partial charge < -0.3 is 14.7 Å². The summed E-state index contributed by atoms with van der Waals surface area (Å²) in [5, 5.41) is 7.57. The van der Waals surface area contributed by atoms with Crippen LogP contribution < -0.4 is 14.7 Å². The van der Waals surface area contributed by atoms with Crippen LogP contribution in [0, 0.1) is 0 Å². The molecule has 10 aromatic carbocycles. The summed E-state index contributed by atoms with van der Waals surface area (Å²) in [5.74, 6) is 0. The summed E-state index contributed by atoms with van der Waals surface area (Å²) in [7, 11) is 0. The average Bonchev–Trinajstić information content (AvgIpc) is 3.28. The van der Waals surface area contributed by atoms with Gasteiger partial charge >= 0.3 is 0 Å². The molecule has 10 aromatic rings. The van der Waals surface area contributed by atoms with Crippen LogP contribution >= 0.6 is 0 Å². The van der Waals surface area contributed by atoms with Gasteiger partial charge in [-0.05, 0) is 135 Å². The van der Waals surface area contributed by atoms with E-state index in [9.17, 15) is 0 Å². The Balaban J connectivity index is 1.06. The zero-order chi connectivity index (χ0) is 38.0. The van der Waals surface area contributed by atoms with Crippen molar-refractivity contribution in [3.8, 4) is 0 Å². The minimum absolute atomic E-state index is 1.07. The Bertz CT molecular complexity index is 2910. The van der Waals surface area contributed by atoms with Crippen LogP contribution in [-0.4, -0.2) is 0 Å². The van der Waals surface area contributed by atoms with Crippen molar-refractivity contribution in [3.63, 3.8) is 0 Å². The van der Waals surface area contributed by atoms with Gasteiger partial charge in [-0.1, -0.05) is 133 Å². The molecule has 0 aliphatic carbocycles. The third-order valence-corrected chi connectivity index (χ3v) is 10.8. The molecule has 3 nitrogen and oxygen atoms in total. The van der Waals surface area contributed by atoms with Gasteiger partial charge in [0.05, 0.1) is 0 Å². The minimum Gasteiger partial charge on any atom is -0.310 e. The van der Waals surface area contributed by atoms with E-state index in [1.165, 1.54) is 32.3 Å². The first-order chi connectivity index (χ1) is 28.3. The molecule has 0 atom stereocenters. The van der Waals surface area contributed by atoms with Crippen LogP contribution in [0.3, 0.4) is 0 Å². The normalized spacial score (nSPS) is 11.2. The van der Waals surface area contributed by atoms with E-state index >= 15 is 0 Å². The van der Waals surface area contributed by atoms with Crippen molar-refractivity contribution in [2.45, 2.75) is 0 Å². The molecule has 57 heavy (non-hydrogen) atoms. The standard InChI is InChI=1S/C54H39N3/c1-5-17-42(18-6-1)55(43-19-7-2-8-20-43)48-25-15-26-49(39-48)56(44-21-9-3-10-22-44)46-30-32-47(33-31-46)57(45-23-11-4-12-24-45)50-34-37-52-41(38-50)29-36-53-51-27-14-13-16-40(51)28-35-54(52)53/h1-39H. The highest BCUT2D eigenvalue weighted by molar-refractivity contribution is 6.17. The van der Waals surface area contributed by atoms with Gasteiger partial charge in [-0.3, -0.25) is 0 Å². The fraction of sp³-hybridized carbons (Fsp3) is 0. The number of benzene rings is 10. The summed E-state index contributed by atoms with van der Waals surface area (Å²) in [6.07, 6.45) is 0. The molecule has 0 aromatic heterocycles. The first-order valence-electron chi connectivity index (χ1n) is 19.4. The lowest BCUT2D eigenvalue weighted by Crippen LogP contribution is -2.13. The molecular weight excluding hydrogens is 691 g/mol. The number of para-hydroxylation sites is 4. The van der Waals surface area contributed by atoms with Gasteiger partial charge in [0, 0.05) is 51.2 Å². The summed E-state index contributed by atoms with van der Waals surface area (Å²) >= 11 is 0. The number of anilines is 9. The third kappa shape index (κ3) is 6.52. The highest BCUT2D eigenvalue weighted by Crippen LogP contribution is 2.43. The number of rotatable bonds is 9. The number of fused-ring (bicyclic) bond motifs is 5. The van der Waals surface area contributed by atoms with Gasteiger partial charge in [-0.25, -0.2) is 0 Å². The molecule has 3 heteroatoms. The molecule has 0 saturated heterocycles. The maximum atomic E-state index is 2.35. The molecule has 0 N–H and O–H groups in total.